The van der Waals surface area contributed by atoms with E-state index in [4.69, 9.17) is 4.74 Å². The van der Waals surface area contributed by atoms with Crippen LogP contribution in [0.4, 0.5) is 0 Å². The lowest BCUT2D eigenvalue weighted by Crippen LogP contribution is -2.32. The molecule has 0 spiro atoms. The summed E-state index contributed by atoms with van der Waals surface area (Å²) in [6, 6.07) is 9.90. The van der Waals surface area contributed by atoms with Crippen LogP contribution in [0.15, 0.2) is 30.3 Å². The van der Waals surface area contributed by atoms with E-state index >= 15 is 0 Å². The molecule has 3 rings (SSSR count). The molecule has 20 heavy (non-hydrogen) atoms. The van der Waals surface area contributed by atoms with Crippen molar-refractivity contribution >= 4 is 17.2 Å². The minimum Gasteiger partial charge on any atom is -0.493 e. The van der Waals surface area contributed by atoms with Crippen LogP contribution in [-0.2, 0) is 0 Å². The first-order valence-corrected chi connectivity index (χ1v) is 7.56. The Labute approximate surface area is 122 Å². The number of amides is 1. The minimum atomic E-state index is 0.00792. The van der Waals surface area contributed by atoms with E-state index in [0.29, 0.717) is 6.61 Å². The van der Waals surface area contributed by atoms with Crippen LogP contribution in [0.5, 0.6) is 5.75 Å². The van der Waals surface area contributed by atoms with E-state index in [1.54, 1.807) is 11.3 Å². The molecule has 0 fully saturated rings. The molecule has 4 heteroatoms. The fourth-order valence-corrected chi connectivity index (χ4v) is 3.51. The van der Waals surface area contributed by atoms with Crippen molar-refractivity contribution in [2.24, 2.45) is 0 Å². The Balaban J connectivity index is 1.82. The molecule has 1 aliphatic rings. The van der Waals surface area contributed by atoms with E-state index in [0.717, 1.165) is 28.2 Å². The SMILES string of the molecule is Cc1cc(C(=O)NC2CCOc3ccccc32)c(C)s1. The van der Waals surface area contributed by atoms with Gasteiger partial charge in [-0.25, -0.2) is 0 Å². The van der Waals surface area contributed by atoms with Gasteiger partial charge >= 0.3 is 0 Å². The van der Waals surface area contributed by atoms with Gasteiger partial charge in [0.15, 0.2) is 0 Å². The van der Waals surface area contributed by atoms with Gasteiger partial charge in [0.05, 0.1) is 18.2 Å². The van der Waals surface area contributed by atoms with Crippen LogP contribution in [0.1, 0.15) is 38.1 Å². The highest BCUT2D eigenvalue weighted by atomic mass is 32.1. The highest BCUT2D eigenvalue weighted by Gasteiger charge is 2.24. The van der Waals surface area contributed by atoms with E-state index in [1.165, 1.54) is 4.88 Å². The summed E-state index contributed by atoms with van der Waals surface area (Å²) in [6.07, 6.45) is 0.810. The second-order valence-electron chi connectivity index (χ2n) is 5.03. The fourth-order valence-electron chi connectivity index (χ4n) is 2.58. The molecule has 0 saturated heterocycles. The molecule has 2 aromatic rings. The molecule has 3 nitrogen and oxygen atoms in total. The predicted octanol–water partition coefficient (Wildman–Crippen LogP) is 3.62. The highest BCUT2D eigenvalue weighted by molar-refractivity contribution is 7.12. The van der Waals surface area contributed by atoms with Crippen LogP contribution in [0.2, 0.25) is 0 Å². The van der Waals surface area contributed by atoms with Crippen molar-refractivity contribution in [3.05, 3.63) is 51.2 Å². The van der Waals surface area contributed by atoms with Gasteiger partial charge in [-0.1, -0.05) is 18.2 Å². The van der Waals surface area contributed by atoms with Crippen LogP contribution in [0.3, 0.4) is 0 Å². The van der Waals surface area contributed by atoms with Gasteiger partial charge in [0.1, 0.15) is 5.75 Å². The maximum atomic E-state index is 12.4. The zero-order valence-corrected chi connectivity index (χ0v) is 12.4. The first-order chi connectivity index (χ1) is 9.65. The Morgan fingerprint density at radius 3 is 2.90 bits per heavy atom. The maximum Gasteiger partial charge on any atom is 0.252 e. The topological polar surface area (TPSA) is 38.3 Å². The monoisotopic (exact) mass is 287 g/mol. The third-order valence-electron chi connectivity index (χ3n) is 3.55. The number of hydrogen-bond donors (Lipinski definition) is 1. The summed E-state index contributed by atoms with van der Waals surface area (Å²) in [6.45, 7) is 4.66. The Bertz CT molecular complexity index is 648. The van der Waals surface area contributed by atoms with Crippen molar-refractivity contribution in [1.29, 1.82) is 0 Å². The molecule has 0 bridgehead atoms. The van der Waals surface area contributed by atoms with Crippen molar-refractivity contribution in [2.45, 2.75) is 26.3 Å². The number of ether oxygens (including phenoxy) is 1. The van der Waals surface area contributed by atoms with Crippen LogP contribution < -0.4 is 10.1 Å². The zero-order valence-electron chi connectivity index (χ0n) is 11.6. The standard InChI is InChI=1S/C16H17NO2S/c1-10-9-13(11(2)20-10)16(18)17-14-7-8-19-15-6-4-3-5-12(14)15/h3-6,9,14H,7-8H2,1-2H3,(H,17,18). The van der Waals surface area contributed by atoms with E-state index in [1.807, 2.05) is 44.2 Å². The van der Waals surface area contributed by atoms with Gasteiger partial charge in [-0.3, -0.25) is 4.79 Å². The van der Waals surface area contributed by atoms with Gasteiger partial charge in [0.25, 0.3) is 5.91 Å². The Morgan fingerprint density at radius 2 is 2.15 bits per heavy atom. The molecule has 1 atom stereocenters. The maximum absolute atomic E-state index is 12.4. The van der Waals surface area contributed by atoms with Crippen LogP contribution in [-0.4, -0.2) is 12.5 Å². The molecular formula is C16H17NO2S. The molecule has 104 valence electrons. The summed E-state index contributed by atoms with van der Waals surface area (Å²) >= 11 is 1.66. The molecular weight excluding hydrogens is 270 g/mol. The second-order valence-corrected chi connectivity index (χ2v) is 6.49. The van der Waals surface area contributed by atoms with Gasteiger partial charge in [-0.15, -0.1) is 11.3 Å². The van der Waals surface area contributed by atoms with Gasteiger partial charge < -0.3 is 10.1 Å². The second kappa shape index (κ2) is 5.29. The summed E-state index contributed by atoms with van der Waals surface area (Å²) in [7, 11) is 0. The predicted molar refractivity (Wildman–Crippen MR) is 80.6 cm³/mol. The largest absolute Gasteiger partial charge is 0.493 e. The summed E-state index contributed by atoms with van der Waals surface area (Å²) in [5.74, 6) is 0.885. The van der Waals surface area contributed by atoms with E-state index in [9.17, 15) is 4.79 Å². The van der Waals surface area contributed by atoms with E-state index in [2.05, 4.69) is 5.32 Å². The molecule has 0 aliphatic carbocycles. The number of benzene rings is 1. The van der Waals surface area contributed by atoms with E-state index < -0.39 is 0 Å². The van der Waals surface area contributed by atoms with Crippen LogP contribution in [0.25, 0.3) is 0 Å². The molecule has 1 amide bonds. The Kier molecular flexibility index (Phi) is 3.49. The molecule has 1 aromatic heterocycles. The summed E-state index contributed by atoms with van der Waals surface area (Å²) < 4.78 is 5.62. The summed E-state index contributed by atoms with van der Waals surface area (Å²) in [5, 5.41) is 3.13. The Morgan fingerprint density at radius 1 is 1.35 bits per heavy atom. The van der Waals surface area contributed by atoms with Crippen molar-refractivity contribution in [2.75, 3.05) is 6.61 Å². The summed E-state index contributed by atoms with van der Waals surface area (Å²) in [4.78, 5) is 14.6. The highest BCUT2D eigenvalue weighted by Crippen LogP contribution is 2.32. The lowest BCUT2D eigenvalue weighted by atomic mass is 10.00. The van der Waals surface area contributed by atoms with Crippen molar-refractivity contribution in [1.82, 2.24) is 5.32 Å². The number of nitrogens with one attached hydrogen (secondary N) is 1. The van der Waals surface area contributed by atoms with E-state index in [-0.39, 0.29) is 11.9 Å². The van der Waals surface area contributed by atoms with Gasteiger partial charge in [-0.2, -0.15) is 0 Å². The van der Waals surface area contributed by atoms with Crippen molar-refractivity contribution in [3.8, 4) is 5.75 Å². The van der Waals surface area contributed by atoms with Crippen LogP contribution in [0, 0.1) is 13.8 Å². The number of hydrogen-bond acceptors (Lipinski definition) is 3. The number of carbonyl (C=O) groups excluding carboxylic acids is 1. The number of rotatable bonds is 2. The van der Waals surface area contributed by atoms with Gasteiger partial charge in [-0.05, 0) is 26.0 Å². The zero-order chi connectivity index (χ0) is 14.1. The molecule has 1 aliphatic heterocycles. The molecule has 2 heterocycles. The average Bonchev–Trinajstić information content (AvgIpc) is 2.78. The smallest absolute Gasteiger partial charge is 0.252 e. The number of thiophene rings is 1. The third-order valence-corrected chi connectivity index (χ3v) is 4.52. The quantitative estimate of drug-likeness (QED) is 0.916. The molecule has 1 N–H and O–H groups in total. The number of fused-ring (bicyclic) bond motifs is 1. The van der Waals surface area contributed by atoms with Crippen molar-refractivity contribution < 1.29 is 9.53 Å². The normalized spacial score (nSPS) is 17.2. The number of aryl methyl sites for hydroxylation is 2. The number of carbonyl (C=O) groups is 1. The average molecular weight is 287 g/mol. The lowest BCUT2D eigenvalue weighted by molar-refractivity contribution is 0.0924. The third kappa shape index (κ3) is 2.43. The minimum absolute atomic E-state index is 0.00792. The first-order valence-electron chi connectivity index (χ1n) is 6.75. The fraction of sp³-hybridized carbons (Fsp3) is 0.312. The first kappa shape index (κ1) is 13.2. The van der Waals surface area contributed by atoms with Crippen molar-refractivity contribution in [3.63, 3.8) is 0 Å². The summed E-state index contributed by atoms with van der Waals surface area (Å²) in [5.41, 5.74) is 1.85. The Hall–Kier alpha value is -1.81. The van der Waals surface area contributed by atoms with Gasteiger partial charge in [0, 0.05) is 21.7 Å². The van der Waals surface area contributed by atoms with Gasteiger partial charge in [0.2, 0.25) is 0 Å². The molecule has 1 aromatic carbocycles. The number of para-hydroxylation sites is 1. The molecule has 1 unspecified atom stereocenters. The lowest BCUT2D eigenvalue weighted by Gasteiger charge is -2.26. The molecule has 0 radical (unpaired) electrons. The van der Waals surface area contributed by atoms with Crippen LogP contribution >= 0.6 is 11.3 Å². The molecule has 0 saturated carbocycles.